The number of urea groups is 1. The molecule has 2 unspecified atom stereocenters. The maximum absolute atomic E-state index is 12.1. The Hall–Kier alpha value is -0.950. The first-order valence-electron chi connectivity index (χ1n) is 6.36. The third-order valence-electron chi connectivity index (χ3n) is 3.08. The van der Waals surface area contributed by atoms with Crippen LogP contribution in [-0.2, 0) is 9.53 Å². The van der Waals surface area contributed by atoms with E-state index >= 15 is 0 Å². The Morgan fingerprint density at radius 3 is 2.79 bits per heavy atom. The number of thioether (sulfide) groups is 1. The largest absolute Gasteiger partial charge is 0.480 e. The number of carbonyl (C=O) groups excluding carboxylic acids is 1. The normalized spacial score (nSPS) is 24.9. The number of aliphatic carboxylic acids is 1. The minimum atomic E-state index is -0.989. The molecule has 110 valence electrons. The summed E-state index contributed by atoms with van der Waals surface area (Å²) in [7, 11) is 0. The first-order valence-corrected chi connectivity index (χ1v) is 7.75. The summed E-state index contributed by atoms with van der Waals surface area (Å²) in [6.07, 6.45) is 2.32. The molecule has 1 aliphatic rings. The Kier molecular flexibility index (Phi) is 6.44. The number of carboxylic acids is 1. The molecule has 19 heavy (non-hydrogen) atoms. The Morgan fingerprint density at radius 2 is 2.21 bits per heavy atom. The average Bonchev–Trinajstić information content (AvgIpc) is 2.36. The molecule has 6 nitrogen and oxygen atoms in total. The third kappa shape index (κ3) is 4.91. The lowest BCUT2D eigenvalue weighted by Crippen LogP contribution is -2.56. The highest BCUT2D eigenvalue weighted by atomic mass is 32.2. The first kappa shape index (κ1) is 16.1. The molecule has 1 heterocycles. The number of nitrogens with zero attached hydrogens (tertiary/aromatic N) is 1. The minimum Gasteiger partial charge on any atom is -0.480 e. The highest BCUT2D eigenvalue weighted by molar-refractivity contribution is 7.98. The zero-order valence-corrected chi connectivity index (χ0v) is 12.4. The lowest BCUT2D eigenvalue weighted by molar-refractivity contribution is -0.139. The van der Waals surface area contributed by atoms with E-state index in [0.717, 1.165) is 0 Å². The number of hydrogen-bond donors (Lipinski definition) is 2. The molecule has 0 saturated carbocycles. The molecule has 0 spiro atoms. The third-order valence-corrected chi connectivity index (χ3v) is 3.72. The van der Waals surface area contributed by atoms with Gasteiger partial charge in [0, 0.05) is 6.54 Å². The zero-order valence-electron chi connectivity index (χ0n) is 11.6. The van der Waals surface area contributed by atoms with Gasteiger partial charge in [-0.15, -0.1) is 0 Å². The van der Waals surface area contributed by atoms with Gasteiger partial charge < -0.3 is 20.1 Å². The number of nitrogens with one attached hydrogen (secondary N) is 1. The average molecular weight is 290 g/mol. The van der Waals surface area contributed by atoms with Crippen molar-refractivity contribution in [2.45, 2.75) is 38.5 Å². The molecule has 2 N–H and O–H groups in total. The Labute approximate surface area is 117 Å². The van der Waals surface area contributed by atoms with Crippen LogP contribution in [0.3, 0.4) is 0 Å². The van der Waals surface area contributed by atoms with Crippen LogP contribution in [0, 0.1) is 0 Å². The van der Waals surface area contributed by atoms with Gasteiger partial charge in [0.2, 0.25) is 0 Å². The molecule has 1 fully saturated rings. The van der Waals surface area contributed by atoms with Crippen molar-refractivity contribution < 1.29 is 19.4 Å². The molecule has 0 aromatic carbocycles. The lowest BCUT2D eigenvalue weighted by Gasteiger charge is -2.37. The summed E-state index contributed by atoms with van der Waals surface area (Å²) in [5.41, 5.74) is 0. The van der Waals surface area contributed by atoms with Gasteiger partial charge in [-0.2, -0.15) is 11.8 Å². The van der Waals surface area contributed by atoms with Crippen LogP contribution in [0.4, 0.5) is 4.79 Å². The smallest absolute Gasteiger partial charge is 0.326 e. The molecule has 0 aliphatic carbocycles. The molecule has 7 heteroatoms. The number of carbonyl (C=O) groups is 2. The van der Waals surface area contributed by atoms with Crippen molar-refractivity contribution in [3.8, 4) is 0 Å². The first-order chi connectivity index (χ1) is 8.95. The SMILES string of the molecule is CSCC[C@@H](NC(=O)N1CC(C)OCC1C)C(=O)O. The van der Waals surface area contributed by atoms with Gasteiger partial charge in [0.15, 0.2) is 0 Å². The number of hydrogen-bond acceptors (Lipinski definition) is 4. The molecule has 0 radical (unpaired) electrons. The van der Waals surface area contributed by atoms with E-state index in [2.05, 4.69) is 5.32 Å². The maximum Gasteiger partial charge on any atom is 0.326 e. The van der Waals surface area contributed by atoms with E-state index in [1.54, 1.807) is 16.7 Å². The number of rotatable bonds is 5. The Balaban J connectivity index is 2.57. The molecule has 0 bridgehead atoms. The van der Waals surface area contributed by atoms with Gasteiger partial charge in [0.1, 0.15) is 6.04 Å². The van der Waals surface area contributed by atoms with Crippen LogP contribution in [0.15, 0.2) is 0 Å². The summed E-state index contributed by atoms with van der Waals surface area (Å²) < 4.78 is 5.45. The van der Waals surface area contributed by atoms with Crippen LogP contribution in [0.25, 0.3) is 0 Å². The van der Waals surface area contributed by atoms with E-state index in [-0.39, 0.29) is 18.2 Å². The number of carboxylic acid groups (broad SMARTS) is 1. The summed E-state index contributed by atoms with van der Waals surface area (Å²) in [5, 5.41) is 11.7. The van der Waals surface area contributed by atoms with Crippen molar-refractivity contribution in [2.75, 3.05) is 25.2 Å². The lowest BCUT2D eigenvalue weighted by atomic mass is 10.2. The molecule has 2 amide bonds. The highest BCUT2D eigenvalue weighted by Crippen LogP contribution is 2.12. The van der Waals surface area contributed by atoms with Gasteiger partial charge in [-0.25, -0.2) is 9.59 Å². The van der Waals surface area contributed by atoms with Crippen LogP contribution in [0.2, 0.25) is 0 Å². The van der Waals surface area contributed by atoms with Crippen LogP contribution < -0.4 is 5.32 Å². The predicted octanol–water partition coefficient (Wildman–Crippen LogP) is 1.01. The molecule has 1 rings (SSSR count). The van der Waals surface area contributed by atoms with E-state index in [4.69, 9.17) is 9.84 Å². The fourth-order valence-electron chi connectivity index (χ4n) is 1.91. The summed E-state index contributed by atoms with van der Waals surface area (Å²) in [6.45, 7) is 4.76. The van der Waals surface area contributed by atoms with E-state index < -0.39 is 12.0 Å². The van der Waals surface area contributed by atoms with Crippen LogP contribution in [0.5, 0.6) is 0 Å². The summed E-state index contributed by atoms with van der Waals surface area (Å²) in [5.74, 6) is -0.289. The summed E-state index contributed by atoms with van der Waals surface area (Å²) in [4.78, 5) is 24.9. The summed E-state index contributed by atoms with van der Waals surface area (Å²) in [6, 6.07) is -1.19. The number of amides is 2. The van der Waals surface area contributed by atoms with Crippen molar-refractivity contribution >= 4 is 23.8 Å². The fraction of sp³-hybridized carbons (Fsp3) is 0.833. The maximum atomic E-state index is 12.1. The molecule has 1 aliphatic heterocycles. The molecule has 1 saturated heterocycles. The second-order valence-electron chi connectivity index (χ2n) is 4.77. The number of morpholine rings is 1. The predicted molar refractivity (Wildman–Crippen MR) is 74.5 cm³/mol. The van der Waals surface area contributed by atoms with Crippen molar-refractivity contribution in [1.82, 2.24) is 10.2 Å². The van der Waals surface area contributed by atoms with Crippen LogP contribution in [-0.4, -0.2) is 65.4 Å². The molecular formula is C12H22N2O4S. The Bertz CT molecular complexity index is 327. The van der Waals surface area contributed by atoms with E-state index in [1.807, 2.05) is 20.1 Å². The number of ether oxygens (including phenoxy) is 1. The second kappa shape index (κ2) is 7.59. The molecule has 3 atom stereocenters. The highest BCUT2D eigenvalue weighted by Gasteiger charge is 2.30. The van der Waals surface area contributed by atoms with Crippen molar-refractivity contribution in [2.24, 2.45) is 0 Å². The second-order valence-corrected chi connectivity index (χ2v) is 5.75. The van der Waals surface area contributed by atoms with Gasteiger partial charge >= 0.3 is 12.0 Å². The monoisotopic (exact) mass is 290 g/mol. The summed E-state index contributed by atoms with van der Waals surface area (Å²) >= 11 is 1.56. The quantitative estimate of drug-likeness (QED) is 0.790. The van der Waals surface area contributed by atoms with E-state index in [9.17, 15) is 9.59 Å². The molecular weight excluding hydrogens is 268 g/mol. The van der Waals surface area contributed by atoms with Crippen molar-refractivity contribution in [3.63, 3.8) is 0 Å². The van der Waals surface area contributed by atoms with E-state index in [0.29, 0.717) is 25.3 Å². The van der Waals surface area contributed by atoms with Crippen LogP contribution in [0.1, 0.15) is 20.3 Å². The Morgan fingerprint density at radius 1 is 1.53 bits per heavy atom. The van der Waals surface area contributed by atoms with Gasteiger partial charge in [-0.05, 0) is 32.3 Å². The van der Waals surface area contributed by atoms with E-state index in [1.165, 1.54) is 0 Å². The van der Waals surface area contributed by atoms with Crippen molar-refractivity contribution in [1.29, 1.82) is 0 Å². The minimum absolute atomic E-state index is 0.0172. The topological polar surface area (TPSA) is 78.9 Å². The fourth-order valence-corrected chi connectivity index (χ4v) is 2.38. The van der Waals surface area contributed by atoms with Gasteiger partial charge in [-0.1, -0.05) is 0 Å². The zero-order chi connectivity index (χ0) is 14.4. The van der Waals surface area contributed by atoms with Gasteiger partial charge in [0.05, 0.1) is 18.8 Å². The van der Waals surface area contributed by atoms with Crippen molar-refractivity contribution in [3.05, 3.63) is 0 Å². The molecule has 0 aromatic heterocycles. The standard InChI is InChI=1S/C12H22N2O4S/c1-8-7-18-9(2)6-14(8)12(17)13-10(11(15)16)4-5-19-3/h8-10H,4-7H2,1-3H3,(H,13,17)(H,15,16)/t8?,9?,10-/m1/s1. The van der Waals surface area contributed by atoms with Gasteiger partial charge in [-0.3, -0.25) is 0 Å². The van der Waals surface area contributed by atoms with Gasteiger partial charge in [0.25, 0.3) is 0 Å². The van der Waals surface area contributed by atoms with Crippen LogP contribution >= 0.6 is 11.8 Å². The molecule has 0 aromatic rings.